The minimum absolute atomic E-state index is 0.118. The Hall–Kier alpha value is -3.51. The summed E-state index contributed by atoms with van der Waals surface area (Å²) in [6, 6.07) is 19.9. The molecule has 0 aliphatic heterocycles. The molecule has 6 heteroatoms. The molecule has 0 unspecified atom stereocenters. The van der Waals surface area contributed by atoms with E-state index >= 15 is 0 Å². The van der Waals surface area contributed by atoms with E-state index in [1.807, 2.05) is 24.3 Å². The minimum atomic E-state index is -1.07. The molecule has 3 aromatic carbocycles. The molecule has 30 heavy (non-hydrogen) atoms. The van der Waals surface area contributed by atoms with Crippen molar-refractivity contribution in [2.75, 3.05) is 0 Å². The lowest BCUT2D eigenvalue weighted by Gasteiger charge is -2.11. The Morgan fingerprint density at radius 2 is 1.60 bits per heavy atom. The van der Waals surface area contributed by atoms with Crippen LogP contribution in [0.5, 0.6) is 0 Å². The van der Waals surface area contributed by atoms with E-state index in [0.717, 1.165) is 16.5 Å². The second-order valence-electron chi connectivity index (χ2n) is 7.06. The van der Waals surface area contributed by atoms with E-state index in [2.05, 4.69) is 5.32 Å². The van der Waals surface area contributed by atoms with Crippen LogP contribution in [0.15, 0.2) is 72.8 Å². The number of benzene rings is 3. The van der Waals surface area contributed by atoms with Crippen molar-refractivity contribution < 1.29 is 18.7 Å². The topological polar surface area (TPSA) is 54.3 Å². The van der Waals surface area contributed by atoms with Crippen LogP contribution in [0, 0.1) is 11.6 Å². The first-order valence-corrected chi connectivity index (χ1v) is 9.56. The molecule has 0 aliphatic carbocycles. The zero-order valence-corrected chi connectivity index (χ0v) is 16.1. The highest BCUT2D eigenvalue weighted by Gasteiger charge is 2.22. The number of carboxylic acid groups (broad SMARTS) is 1. The summed E-state index contributed by atoms with van der Waals surface area (Å²) in [6.07, 6.45) is 0. The van der Waals surface area contributed by atoms with Gasteiger partial charge in [0.15, 0.2) is 0 Å². The molecule has 4 aromatic rings. The van der Waals surface area contributed by atoms with Gasteiger partial charge in [0.25, 0.3) is 0 Å². The van der Waals surface area contributed by atoms with E-state index in [4.69, 9.17) is 0 Å². The smallest absolute Gasteiger partial charge is 0.352 e. The molecule has 152 valence electrons. The molecule has 0 radical (unpaired) electrons. The van der Waals surface area contributed by atoms with E-state index < -0.39 is 5.97 Å². The summed E-state index contributed by atoms with van der Waals surface area (Å²) in [4.78, 5) is 12.2. The fourth-order valence-corrected chi connectivity index (χ4v) is 3.69. The molecule has 4 rings (SSSR count). The number of rotatable bonds is 7. The maximum absolute atomic E-state index is 14.2. The Morgan fingerprint density at radius 3 is 2.33 bits per heavy atom. The Morgan fingerprint density at radius 1 is 0.900 bits per heavy atom. The highest BCUT2D eigenvalue weighted by Crippen LogP contribution is 2.28. The summed E-state index contributed by atoms with van der Waals surface area (Å²) >= 11 is 0. The van der Waals surface area contributed by atoms with Crippen molar-refractivity contribution in [3.05, 3.63) is 107 Å². The quantitative estimate of drug-likeness (QED) is 0.456. The fraction of sp³-hybridized carbons (Fsp3) is 0.125. The molecule has 4 nitrogen and oxygen atoms in total. The van der Waals surface area contributed by atoms with Crippen molar-refractivity contribution in [3.8, 4) is 0 Å². The number of para-hydroxylation sites is 1. The van der Waals surface area contributed by atoms with Gasteiger partial charge in [-0.05, 0) is 29.8 Å². The maximum atomic E-state index is 14.2. The Balaban J connectivity index is 1.70. The summed E-state index contributed by atoms with van der Waals surface area (Å²) < 4.78 is 29.0. The average Bonchev–Trinajstić information content (AvgIpc) is 3.05. The fourth-order valence-electron chi connectivity index (χ4n) is 3.69. The van der Waals surface area contributed by atoms with Crippen molar-refractivity contribution in [2.45, 2.75) is 19.6 Å². The molecule has 2 N–H and O–H groups in total. The third-order valence-corrected chi connectivity index (χ3v) is 5.11. The van der Waals surface area contributed by atoms with Crippen LogP contribution in [-0.2, 0) is 19.6 Å². The van der Waals surface area contributed by atoms with E-state index in [1.54, 1.807) is 34.9 Å². The van der Waals surface area contributed by atoms with E-state index in [1.165, 1.54) is 18.2 Å². The van der Waals surface area contributed by atoms with Gasteiger partial charge in [-0.25, -0.2) is 13.6 Å². The number of hydrogen-bond acceptors (Lipinski definition) is 2. The second kappa shape index (κ2) is 8.47. The van der Waals surface area contributed by atoms with Crippen molar-refractivity contribution in [1.29, 1.82) is 0 Å². The number of aromatic nitrogens is 1. The molecule has 0 aliphatic rings. The number of fused-ring (bicyclic) bond motifs is 1. The predicted molar refractivity (Wildman–Crippen MR) is 111 cm³/mol. The van der Waals surface area contributed by atoms with Crippen LogP contribution >= 0.6 is 0 Å². The van der Waals surface area contributed by atoms with Crippen LogP contribution < -0.4 is 5.32 Å². The molecular weight excluding hydrogens is 386 g/mol. The Labute approximate surface area is 172 Å². The number of hydrogen-bond donors (Lipinski definition) is 2. The zero-order chi connectivity index (χ0) is 21.1. The largest absolute Gasteiger partial charge is 0.477 e. The van der Waals surface area contributed by atoms with E-state index in [0.29, 0.717) is 24.2 Å². The first kappa shape index (κ1) is 19.8. The lowest BCUT2D eigenvalue weighted by molar-refractivity contribution is 0.0684. The maximum Gasteiger partial charge on any atom is 0.352 e. The Kier molecular flexibility index (Phi) is 5.59. The third-order valence-electron chi connectivity index (χ3n) is 5.11. The first-order chi connectivity index (χ1) is 14.5. The summed E-state index contributed by atoms with van der Waals surface area (Å²) in [6.45, 7) is 0.892. The van der Waals surface area contributed by atoms with Gasteiger partial charge < -0.3 is 15.0 Å². The van der Waals surface area contributed by atoms with E-state index in [-0.39, 0.29) is 23.9 Å². The number of nitrogens with one attached hydrogen (secondary N) is 1. The van der Waals surface area contributed by atoms with Crippen LogP contribution in [0.1, 0.15) is 27.2 Å². The predicted octanol–water partition coefficient (Wildman–Crippen LogP) is 4.96. The summed E-state index contributed by atoms with van der Waals surface area (Å²) in [5.74, 6) is -1.74. The summed E-state index contributed by atoms with van der Waals surface area (Å²) in [5.41, 5.74) is 2.81. The first-order valence-electron chi connectivity index (χ1n) is 9.56. The van der Waals surface area contributed by atoms with Crippen molar-refractivity contribution >= 4 is 16.9 Å². The van der Waals surface area contributed by atoms with Gasteiger partial charge in [0.05, 0.1) is 6.54 Å². The van der Waals surface area contributed by atoms with Gasteiger partial charge in [-0.1, -0.05) is 48.5 Å². The average molecular weight is 406 g/mol. The molecule has 0 fully saturated rings. The SMILES string of the molecule is O=C(O)c1c(CNCc2ccc(F)cc2)c2ccccc2n1Cc1ccccc1F. The highest BCUT2D eigenvalue weighted by atomic mass is 19.1. The molecule has 1 heterocycles. The highest BCUT2D eigenvalue weighted by molar-refractivity contribution is 5.98. The molecule has 0 saturated carbocycles. The van der Waals surface area contributed by atoms with Gasteiger partial charge in [-0.15, -0.1) is 0 Å². The third kappa shape index (κ3) is 3.95. The van der Waals surface area contributed by atoms with Crippen molar-refractivity contribution in [1.82, 2.24) is 9.88 Å². The lowest BCUT2D eigenvalue weighted by atomic mass is 10.1. The normalized spacial score (nSPS) is 11.1. The van der Waals surface area contributed by atoms with Crippen LogP contribution in [0.2, 0.25) is 0 Å². The van der Waals surface area contributed by atoms with E-state index in [9.17, 15) is 18.7 Å². The van der Waals surface area contributed by atoms with Crippen molar-refractivity contribution in [3.63, 3.8) is 0 Å². The van der Waals surface area contributed by atoms with Gasteiger partial charge in [-0.2, -0.15) is 0 Å². The number of carboxylic acids is 1. The van der Waals surface area contributed by atoms with Gasteiger partial charge in [0.2, 0.25) is 0 Å². The van der Waals surface area contributed by atoms with Gasteiger partial charge in [0.1, 0.15) is 17.3 Å². The monoisotopic (exact) mass is 406 g/mol. The molecule has 0 saturated heterocycles. The number of aromatic carboxylic acids is 1. The lowest BCUT2D eigenvalue weighted by Crippen LogP contribution is -2.17. The van der Waals surface area contributed by atoms with Gasteiger partial charge in [0, 0.05) is 35.1 Å². The molecule has 0 atom stereocenters. The number of nitrogens with zero attached hydrogens (tertiary/aromatic N) is 1. The zero-order valence-electron chi connectivity index (χ0n) is 16.1. The number of carbonyl (C=O) groups is 1. The molecule has 0 bridgehead atoms. The standard InChI is InChI=1S/C24H20F2N2O2/c25-18-11-9-16(10-12-18)13-27-14-20-19-6-2-4-8-22(19)28(23(20)24(29)30)15-17-5-1-3-7-21(17)26/h1-12,27H,13-15H2,(H,29,30). The van der Waals surface area contributed by atoms with Crippen LogP contribution in [0.3, 0.4) is 0 Å². The number of halogens is 2. The molecular formula is C24H20F2N2O2. The summed E-state index contributed by atoms with van der Waals surface area (Å²) in [7, 11) is 0. The second-order valence-corrected chi connectivity index (χ2v) is 7.06. The van der Waals surface area contributed by atoms with Crippen LogP contribution in [0.4, 0.5) is 8.78 Å². The van der Waals surface area contributed by atoms with Crippen LogP contribution in [-0.4, -0.2) is 15.6 Å². The molecule has 1 aromatic heterocycles. The van der Waals surface area contributed by atoms with Gasteiger partial charge >= 0.3 is 5.97 Å². The minimum Gasteiger partial charge on any atom is -0.477 e. The van der Waals surface area contributed by atoms with Crippen LogP contribution in [0.25, 0.3) is 10.9 Å². The van der Waals surface area contributed by atoms with Crippen molar-refractivity contribution in [2.24, 2.45) is 0 Å². The van der Waals surface area contributed by atoms with Gasteiger partial charge in [-0.3, -0.25) is 0 Å². The molecule has 0 spiro atoms. The Bertz CT molecular complexity index is 1200. The molecule has 0 amide bonds. The summed E-state index contributed by atoms with van der Waals surface area (Å²) in [5, 5.41) is 14.0.